The molecule has 0 fully saturated rings. The molecule has 0 aliphatic rings. The molecule has 0 aromatic heterocycles. The minimum atomic E-state index is 0.551. The summed E-state index contributed by atoms with van der Waals surface area (Å²) in [5.41, 5.74) is 0. The molecule has 2 heteroatoms. The van der Waals surface area contributed by atoms with Gasteiger partial charge in [0.15, 0.2) is 0 Å². The van der Waals surface area contributed by atoms with Gasteiger partial charge in [-0.3, -0.25) is 0 Å². The summed E-state index contributed by atoms with van der Waals surface area (Å²) in [5, 5.41) is 0. The largest absolute Gasteiger partial charge is 0.148 e. The zero-order valence-corrected chi connectivity index (χ0v) is 7.86. The molecular formula is C7H15S2. The molecule has 0 bridgehead atoms. The van der Waals surface area contributed by atoms with Gasteiger partial charge in [0.1, 0.15) is 0 Å². The van der Waals surface area contributed by atoms with Crippen LogP contribution in [-0.2, 0) is 0 Å². The van der Waals surface area contributed by atoms with Crippen molar-refractivity contribution in [1.29, 1.82) is 0 Å². The van der Waals surface area contributed by atoms with E-state index >= 15 is 0 Å². The standard InChI is InChI=1S/C7H15S2/c1-4-6-9-7(3)8-5-2/h7H,3-6H2,1-2H3. The fraction of sp³-hybridized carbons (Fsp3) is 0.857. The maximum absolute atomic E-state index is 3.99. The third-order valence-corrected chi connectivity index (χ3v) is 3.40. The van der Waals surface area contributed by atoms with Crippen LogP contribution >= 0.6 is 23.5 Å². The molecule has 9 heavy (non-hydrogen) atoms. The normalized spacial score (nSPS) is 13.7. The van der Waals surface area contributed by atoms with Gasteiger partial charge >= 0.3 is 0 Å². The summed E-state index contributed by atoms with van der Waals surface area (Å²) in [6, 6.07) is 0. The van der Waals surface area contributed by atoms with Crippen molar-refractivity contribution in [3.63, 3.8) is 0 Å². The molecule has 55 valence electrons. The van der Waals surface area contributed by atoms with Crippen LogP contribution in [0.1, 0.15) is 20.3 Å². The zero-order valence-electron chi connectivity index (χ0n) is 6.22. The Labute approximate surface area is 67.2 Å². The van der Waals surface area contributed by atoms with Crippen LogP contribution in [0, 0.1) is 6.92 Å². The third-order valence-electron chi connectivity index (χ3n) is 0.860. The molecule has 0 aromatic carbocycles. The van der Waals surface area contributed by atoms with Crippen LogP contribution in [0.5, 0.6) is 0 Å². The van der Waals surface area contributed by atoms with Crippen LogP contribution in [0.4, 0.5) is 0 Å². The van der Waals surface area contributed by atoms with Crippen LogP contribution in [-0.4, -0.2) is 16.1 Å². The summed E-state index contributed by atoms with van der Waals surface area (Å²) in [5.74, 6) is 2.44. The lowest BCUT2D eigenvalue weighted by Crippen LogP contribution is -1.91. The Morgan fingerprint density at radius 3 is 2.44 bits per heavy atom. The summed E-state index contributed by atoms with van der Waals surface area (Å²) in [6.45, 7) is 8.37. The van der Waals surface area contributed by atoms with Crippen molar-refractivity contribution < 1.29 is 0 Å². The number of hydrogen-bond acceptors (Lipinski definition) is 2. The molecule has 0 aromatic rings. The molecule has 0 aliphatic heterocycles. The fourth-order valence-electron chi connectivity index (χ4n) is 0.483. The van der Waals surface area contributed by atoms with E-state index in [0.29, 0.717) is 4.58 Å². The van der Waals surface area contributed by atoms with E-state index < -0.39 is 0 Å². The maximum Gasteiger partial charge on any atom is 0.0503 e. The van der Waals surface area contributed by atoms with Crippen molar-refractivity contribution in [2.45, 2.75) is 24.9 Å². The van der Waals surface area contributed by atoms with Crippen molar-refractivity contribution in [3.8, 4) is 0 Å². The van der Waals surface area contributed by atoms with E-state index in [-0.39, 0.29) is 0 Å². The highest BCUT2D eigenvalue weighted by molar-refractivity contribution is 8.17. The van der Waals surface area contributed by atoms with E-state index in [2.05, 4.69) is 20.8 Å². The topological polar surface area (TPSA) is 0 Å². The van der Waals surface area contributed by atoms with E-state index in [9.17, 15) is 0 Å². The minimum absolute atomic E-state index is 0.551. The van der Waals surface area contributed by atoms with Crippen LogP contribution in [0.2, 0.25) is 0 Å². The zero-order chi connectivity index (χ0) is 7.11. The molecular weight excluding hydrogens is 148 g/mol. The van der Waals surface area contributed by atoms with Gasteiger partial charge in [-0.15, -0.1) is 23.5 Å². The lowest BCUT2D eigenvalue weighted by Gasteiger charge is -2.06. The van der Waals surface area contributed by atoms with Gasteiger partial charge in [-0.2, -0.15) is 0 Å². The predicted octanol–water partition coefficient (Wildman–Crippen LogP) is 3.04. The van der Waals surface area contributed by atoms with Gasteiger partial charge in [-0.1, -0.05) is 13.8 Å². The Balaban J connectivity index is 2.95. The highest BCUT2D eigenvalue weighted by Crippen LogP contribution is 2.22. The monoisotopic (exact) mass is 163 g/mol. The third kappa shape index (κ3) is 6.59. The highest BCUT2D eigenvalue weighted by Gasteiger charge is 1.98. The van der Waals surface area contributed by atoms with Crippen molar-refractivity contribution >= 4 is 23.5 Å². The van der Waals surface area contributed by atoms with Gasteiger partial charge in [0.05, 0.1) is 4.58 Å². The average molecular weight is 163 g/mol. The molecule has 0 heterocycles. The summed E-state index contributed by atoms with van der Waals surface area (Å²) < 4.78 is 0.551. The Hall–Kier alpha value is 0.700. The van der Waals surface area contributed by atoms with Gasteiger partial charge in [-0.05, 0) is 24.9 Å². The first-order valence-corrected chi connectivity index (χ1v) is 5.47. The Morgan fingerprint density at radius 2 is 2.00 bits per heavy atom. The molecule has 0 amide bonds. The van der Waals surface area contributed by atoms with Crippen LogP contribution in [0.3, 0.4) is 0 Å². The van der Waals surface area contributed by atoms with Crippen molar-refractivity contribution in [3.05, 3.63) is 6.92 Å². The number of rotatable bonds is 5. The lowest BCUT2D eigenvalue weighted by atomic mass is 10.6. The van der Waals surface area contributed by atoms with E-state index in [1.807, 2.05) is 23.5 Å². The molecule has 0 rings (SSSR count). The number of hydrogen-bond donors (Lipinski definition) is 0. The molecule has 0 N–H and O–H groups in total. The van der Waals surface area contributed by atoms with Crippen LogP contribution in [0.25, 0.3) is 0 Å². The SMILES string of the molecule is [CH2]C(SCC)SCCC. The van der Waals surface area contributed by atoms with E-state index in [0.717, 1.165) is 0 Å². The first-order chi connectivity index (χ1) is 4.31. The molecule has 0 saturated heterocycles. The second kappa shape index (κ2) is 6.81. The summed E-state index contributed by atoms with van der Waals surface area (Å²) in [6.07, 6.45) is 1.26. The minimum Gasteiger partial charge on any atom is -0.148 e. The second-order valence-electron chi connectivity index (χ2n) is 1.76. The summed E-state index contributed by atoms with van der Waals surface area (Å²) >= 11 is 3.88. The van der Waals surface area contributed by atoms with Gasteiger partial charge in [-0.25, -0.2) is 0 Å². The fourth-order valence-corrected chi connectivity index (χ4v) is 2.44. The lowest BCUT2D eigenvalue weighted by molar-refractivity contribution is 1.11. The Morgan fingerprint density at radius 1 is 1.33 bits per heavy atom. The average Bonchev–Trinajstić information content (AvgIpc) is 1.85. The Kier molecular flexibility index (Phi) is 7.34. The van der Waals surface area contributed by atoms with Gasteiger partial charge < -0.3 is 0 Å². The molecule has 1 atom stereocenters. The highest BCUT2D eigenvalue weighted by atomic mass is 32.2. The number of thioether (sulfide) groups is 2. The smallest absolute Gasteiger partial charge is 0.0503 e. The van der Waals surface area contributed by atoms with Gasteiger partial charge in [0.25, 0.3) is 0 Å². The van der Waals surface area contributed by atoms with Gasteiger partial charge in [0.2, 0.25) is 0 Å². The van der Waals surface area contributed by atoms with Crippen LogP contribution in [0.15, 0.2) is 0 Å². The first kappa shape index (κ1) is 9.70. The van der Waals surface area contributed by atoms with Crippen molar-refractivity contribution in [1.82, 2.24) is 0 Å². The second-order valence-corrected chi connectivity index (χ2v) is 4.84. The van der Waals surface area contributed by atoms with Crippen molar-refractivity contribution in [2.75, 3.05) is 11.5 Å². The van der Waals surface area contributed by atoms with E-state index in [1.54, 1.807) is 0 Å². The first-order valence-electron chi connectivity index (χ1n) is 3.37. The molecule has 0 nitrogen and oxygen atoms in total. The molecule has 0 saturated carbocycles. The Bertz CT molecular complexity index is 54.9. The van der Waals surface area contributed by atoms with Crippen molar-refractivity contribution in [2.24, 2.45) is 0 Å². The molecule has 0 spiro atoms. The molecule has 0 aliphatic carbocycles. The van der Waals surface area contributed by atoms with Gasteiger partial charge in [0, 0.05) is 0 Å². The van der Waals surface area contributed by atoms with Crippen LogP contribution < -0.4 is 0 Å². The quantitative estimate of drug-likeness (QED) is 0.571. The molecule has 1 unspecified atom stereocenters. The predicted molar refractivity (Wildman–Crippen MR) is 50.0 cm³/mol. The van der Waals surface area contributed by atoms with E-state index in [1.165, 1.54) is 17.9 Å². The maximum atomic E-state index is 3.99. The van der Waals surface area contributed by atoms with E-state index in [4.69, 9.17) is 0 Å². The summed E-state index contributed by atoms with van der Waals surface area (Å²) in [7, 11) is 0. The summed E-state index contributed by atoms with van der Waals surface area (Å²) in [4.78, 5) is 0. The molecule has 1 radical (unpaired) electrons.